The molecule has 0 radical (unpaired) electrons. The number of hydrogen-bond donors (Lipinski definition) is 1. The van der Waals surface area contributed by atoms with E-state index in [1.54, 1.807) is 6.07 Å². The predicted molar refractivity (Wildman–Crippen MR) is 60.7 cm³/mol. The number of alkyl halides is 2. The first-order chi connectivity index (χ1) is 7.58. The van der Waals surface area contributed by atoms with Crippen LogP contribution in [0.3, 0.4) is 0 Å². The van der Waals surface area contributed by atoms with Gasteiger partial charge < -0.3 is 5.32 Å². The van der Waals surface area contributed by atoms with E-state index in [0.717, 1.165) is 11.1 Å². The molecular weight excluding hydrogens is 254 g/mol. The molecule has 1 N–H and O–H groups in total. The molecule has 7 heteroatoms. The Labute approximate surface area is 103 Å². The van der Waals surface area contributed by atoms with Gasteiger partial charge in [0.1, 0.15) is 0 Å². The van der Waals surface area contributed by atoms with Crippen molar-refractivity contribution in [1.82, 2.24) is 5.32 Å². The highest BCUT2D eigenvalue weighted by atomic mass is 35.5. The molecule has 2 rings (SSSR count). The molecule has 0 saturated carbocycles. The molecule has 1 aromatic carbocycles. The molecule has 0 aromatic heterocycles. The van der Waals surface area contributed by atoms with E-state index in [4.69, 9.17) is 0 Å². The predicted octanol–water partition coefficient (Wildman–Crippen LogP) is 2.30. The van der Waals surface area contributed by atoms with Crippen LogP contribution in [0.25, 0.3) is 0 Å². The number of nitro benzene ring substituents is 1. The summed E-state index contributed by atoms with van der Waals surface area (Å²) in [6.07, 6.45) is -2.20. The Morgan fingerprint density at radius 2 is 2.12 bits per heavy atom. The molecule has 0 saturated heterocycles. The van der Waals surface area contributed by atoms with Crippen LogP contribution in [0.15, 0.2) is 18.2 Å². The number of hydrogen-bond acceptors (Lipinski definition) is 3. The first-order valence-corrected chi connectivity index (χ1v) is 4.85. The van der Waals surface area contributed by atoms with Crippen molar-refractivity contribution in [3.8, 4) is 0 Å². The standard InChI is InChI=1S/C10H10F2N2O2.ClH/c11-10(12)9-4-6-1-2-8(14(15)16)3-7(6)5-13-9;/h1-3,9-10,13H,4-5H2;1H. The average molecular weight is 265 g/mol. The van der Waals surface area contributed by atoms with Gasteiger partial charge in [-0.15, -0.1) is 12.4 Å². The third-order valence-electron chi connectivity index (χ3n) is 2.70. The molecule has 94 valence electrons. The minimum Gasteiger partial charge on any atom is -0.304 e. The largest absolute Gasteiger partial charge is 0.304 e. The van der Waals surface area contributed by atoms with E-state index in [1.807, 2.05) is 0 Å². The Morgan fingerprint density at radius 1 is 1.41 bits per heavy atom. The van der Waals surface area contributed by atoms with Crippen LogP contribution in [-0.4, -0.2) is 17.4 Å². The second-order valence-corrected chi connectivity index (χ2v) is 3.74. The topological polar surface area (TPSA) is 55.2 Å². The molecular formula is C10H11ClF2N2O2. The Morgan fingerprint density at radius 3 is 2.71 bits per heavy atom. The van der Waals surface area contributed by atoms with Gasteiger partial charge in [0.2, 0.25) is 0 Å². The first-order valence-electron chi connectivity index (χ1n) is 4.85. The molecule has 0 fully saturated rings. The summed E-state index contributed by atoms with van der Waals surface area (Å²) in [7, 11) is 0. The number of non-ortho nitro benzene ring substituents is 1. The van der Waals surface area contributed by atoms with Crippen LogP contribution in [0.2, 0.25) is 0 Å². The van der Waals surface area contributed by atoms with Gasteiger partial charge in [-0.3, -0.25) is 10.1 Å². The van der Waals surface area contributed by atoms with E-state index in [0.29, 0.717) is 0 Å². The highest BCUT2D eigenvalue weighted by Crippen LogP contribution is 2.23. The second kappa shape index (κ2) is 5.37. The lowest BCUT2D eigenvalue weighted by Gasteiger charge is -2.25. The highest BCUT2D eigenvalue weighted by molar-refractivity contribution is 5.85. The average Bonchev–Trinajstić information content (AvgIpc) is 2.27. The normalized spacial score (nSPS) is 18.4. The quantitative estimate of drug-likeness (QED) is 0.659. The van der Waals surface area contributed by atoms with Gasteiger partial charge in [-0.25, -0.2) is 8.78 Å². The Bertz CT molecular complexity index is 429. The van der Waals surface area contributed by atoms with Crippen molar-refractivity contribution in [3.05, 3.63) is 39.4 Å². The van der Waals surface area contributed by atoms with Gasteiger partial charge in [0.25, 0.3) is 12.1 Å². The summed E-state index contributed by atoms with van der Waals surface area (Å²) in [5.74, 6) is 0. The summed E-state index contributed by atoms with van der Waals surface area (Å²) in [5.41, 5.74) is 1.48. The van der Waals surface area contributed by atoms with Crippen molar-refractivity contribution in [2.75, 3.05) is 0 Å². The van der Waals surface area contributed by atoms with Gasteiger partial charge in [-0.1, -0.05) is 6.07 Å². The monoisotopic (exact) mass is 264 g/mol. The van der Waals surface area contributed by atoms with E-state index in [2.05, 4.69) is 5.32 Å². The lowest BCUT2D eigenvalue weighted by atomic mass is 9.95. The lowest BCUT2D eigenvalue weighted by molar-refractivity contribution is -0.384. The van der Waals surface area contributed by atoms with Crippen LogP contribution in [-0.2, 0) is 13.0 Å². The minimum atomic E-state index is -2.41. The minimum absolute atomic E-state index is 0. The molecule has 1 heterocycles. The number of nitrogens with zero attached hydrogens (tertiary/aromatic N) is 1. The summed E-state index contributed by atoms with van der Waals surface area (Å²) in [4.78, 5) is 10.0. The molecule has 0 spiro atoms. The number of fused-ring (bicyclic) bond motifs is 1. The van der Waals surface area contributed by atoms with Gasteiger partial charge >= 0.3 is 0 Å². The lowest BCUT2D eigenvalue weighted by Crippen LogP contribution is -2.40. The van der Waals surface area contributed by atoms with Gasteiger partial charge in [-0.2, -0.15) is 0 Å². The molecule has 17 heavy (non-hydrogen) atoms. The number of nitro groups is 1. The smallest absolute Gasteiger partial charge is 0.269 e. The SMILES string of the molecule is Cl.O=[N+]([O-])c1ccc2c(c1)CNC(C(F)F)C2. The van der Waals surface area contributed by atoms with Gasteiger partial charge in [0.05, 0.1) is 11.0 Å². The van der Waals surface area contributed by atoms with Gasteiger partial charge in [-0.05, 0) is 17.5 Å². The maximum absolute atomic E-state index is 12.5. The van der Waals surface area contributed by atoms with Crippen molar-refractivity contribution in [2.24, 2.45) is 0 Å². The molecule has 4 nitrogen and oxygen atoms in total. The number of benzene rings is 1. The van der Waals surface area contributed by atoms with Crippen LogP contribution < -0.4 is 5.32 Å². The third-order valence-corrected chi connectivity index (χ3v) is 2.70. The Hall–Kier alpha value is -1.27. The molecule has 1 aromatic rings. The second-order valence-electron chi connectivity index (χ2n) is 3.74. The summed E-state index contributed by atoms with van der Waals surface area (Å²) in [6, 6.07) is 3.49. The number of nitrogens with one attached hydrogen (secondary N) is 1. The van der Waals surface area contributed by atoms with Crippen LogP contribution >= 0.6 is 12.4 Å². The van der Waals surface area contributed by atoms with Crippen molar-refractivity contribution < 1.29 is 13.7 Å². The van der Waals surface area contributed by atoms with Crippen molar-refractivity contribution in [2.45, 2.75) is 25.4 Å². The van der Waals surface area contributed by atoms with E-state index < -0.39 is 17.4 Å². The number of halogens is 3. The summed E-state index contributed by atoms with van der Waals surface area (Å²) in [6.45, 7) is 0.256. The van der Waals surface area contributed by atoms with Crippen LogP contribution in [0, 0.1) is 10.1 Å². The first kappa shape index (κ1) is 13.8. The maximum Gasteiger partial charge on any atom is 0.269 e. The summed E-state index contributed by atoms with van der Waals surface area (Å²) >= 11 is 0. The van der Waals surface area contributed by atoms with Crippen LogP contribution in [0.5, 0.6) is 0 Å². The third kappa shape index (κ3) is 2.89. The van der Waals surface area contributed by atoms with Gasteiger partial charge in [0.15, 0.2) is 0 Å². The molecule has 1 aliphatic heterocycles. The molecule has 0 amide bonds. The zero-order valence-corrected chi connectivity index (χ0v) is 9.55. The molecule has 1 atom stereocenters. The Kier molecular flexibility index (Phi) is 4.36. The zero-order chi connectivity index (χ0) is 11.7. The van der Waals surface area contributed by atoms with E-state index >= 15 is 0 Å². The summed E-state index contributed by atoms with van der Waals surface area (Å²) < 4.78 is 24.9. The fourth-order valence-electron chi connectivity index (χ4n) is 1.82. The van der Waals surface area contributed by atoms with Crippen LogP contribution in [0.4, 0.5) is 14.5 Å². The zero-order valence-electron chi connectivity index (χ0n) is 8.73. The highest BCUT2D eigenvalue weighted by Gasteiger charge is 2.26. The molecule has 1 aliphatic rings. The van der Waals surface area contributed by atoms with E-state index in [-0.39, 0.29) is 31.1 Å². The van der Waals surface area contributed by atoms with Crippen LogP contribution in [0.1, 0.15) is 11.1 Å². The van der Waals surface area contributed by atoms with Gasteiger partial charge in [0, 0.05) is 18.7 Å². The van der Waals surface area contributed by atoms with E-state index in [1.165, 1.54) is 12.1 Å². The number of rotatable bonds is 2. The molecule has 1 unspecified atom stereocenters. The molecule has 0 bridgehead atoms. The van der Waals surface area contributed by atoms with Crippen molar-refractivity contribution in [3.63, 3.8) is 0 Å². The fourth-order valence-corrected chi connectivity index (χ4v) is 1.82. The molecule has 0 aliphatic carbocycles. The van der Waals surface area contributed by atoms with Crippen molar-refractivity contribution in [1.29, 1.82) is 0 Å². The maximum atomic E-state index is 12.5. The van der Waals surface area contributed by atoms with E-state index in [9.17, 15) is 18.9 Å². The van der Waals surface area contributed by atoms with Crippen molar-refractivity contribution >= 4 is 18.1 Å². The Balaban J connectivity index is 0.00000144. The summed E-state index contributed by atoms with van der Waals surface area (Å²) in [5, 5.41) is 13.2. The fraction of sp³-hybridized carbons (Fsp3) is 0.400.